The largest absolute Gasteiger partial charge is 0.573 e. The molecular formula is C19H22F3N3O2. The van der Waals surface area contributed by atoms with Gasteiger partial charge in [0.05, 0.1) is 0 Å². The number of hydrogen-bond donors (Lipinski definition) is 0. The Labute approximate surface area is 156 Å². The molecule has 2 rings (SSSR count). The van der Waals surface area contributed by atoms with E-state index in [1.807, 2.05) is 19.1 Å². The molecule has 146 valence electrons. The number of carbonyl (C=O) groups excluding carboxylic acids is 1. The highest BCUT2D eigenvalue weighted by Crippen LogP contribution is 2.27. The van der Waals surface area contributed by atoms with Crippen LogP contribution in [0.5, 0.6) is 5.75 Å². The Kier molecular flexibility index (Phi) is 7.04. The molecule has 1 aromatic carbocycles. The van der Waals surface area contributed by atoms with E-state index in [0.29, 0.717) is 25.1 Å². The molecule has 0 N–H and O–H groups in total. The Hall–Kier alpha value is -2.77. The van der Waals surface area contributed by atoms with Crippen molar-refractivity contribution in [2.75, 3.05) is 13.1 Å². The fourth-order valence-corrected chi connectivity index (χ4v) is 2.69. The summed E-state index contributed by atoms with van der Waals surface area (Å²) >= 11 is 0. The first-order chi connectivity index (χ1) is 12.8. The van der Waals surface area contributed by atoms with Crippen LogP contribution in [0.25, 0.3) is 5.57 Å². The summed E-state index contributed by atoms with van der Waals surface area (Å²) in [6.45, 7) is 6.53. The lowest BCUT2D eigenvalue weighted by molar-refractivity contribution is -0.274. The quantitative estimate of drug-likeness (QED) is 0.394. The van der Waals surface area contributed by atoms with Crippen LogP contribution in [0, 0.1) is 0 Å². The van der Waals surface area contributed by atoms with E-state index >= 15 is 0 Å². The lowest BCUT2D eigenvalue weighted by Crippen LogP contribution is -2.40. The molecule has 0 radical (unpaired) electrons. The number of carbonyl (C=O) groups is 1. The van der Waals surface area contributed by atoms with Crippen molar-refractivity contribution in [1.29, 1.82) is 0 Å². The predicted octanol–water partition coefficient (Wildman–Crippen LogP) is 5.03. The number of benzene rings is 1. The third-order valence-corrected chi connectivity index (χ3v) is 3.93. The van der Waals surface area contributed by atoms with Gasteiger partial charge in [0.15, 0.2) is 0 Å². The van der Waals surface area contributed by atoms with Gasteiger partial charge < -0.3 is 9.64 Å². The van der Waals surface area contributed by atoms with Gasteiger partial charge in [0.1, 0.15) is 5.75 Å². The van der Waals surface area contributed by atoms with Gasteiger partial charge in [-0.2, -0.15) is 10.1 Å². The molecule has 0 saturated carbocycles. The van der Waals surface area contributed by atoms with Gasteiger partial charge in [-0.1, -0.05) is 37.6 Å². The fraction of sp³-hybridized carbons (Fsp3) is 0.368. The Balaban J connectivity index is 2.21. The van der Waals surface area contributed by atoms with Crippen LogP contribution in [0.4, 0.5) is 18.0 Å². The zero-order valence-corrected chi connectivity index (χ0v) is 15.1. The lowest BCUT2D eigenvalue weighted by Gasteiger charge is -2.27. The van der Waals surface area contributed by atoms with Gasteiger partial charge in [-0.05, 0) is 36.1 Å². The molecule has 0 spiro atoms. The number of amides is 2. The molecule has 0 unspecified atom stereocenters. The number of rotatable bonds is 6. The van der Waals surface area contributed by atoms with Crippen molar-refractivity contribution in [3.05, 3.63) is 48.2 Å². The third-order valence-electron chi connectivity index (χ3n) is 3.93. The first kappa shape index (κ1) is 20.5. The summed E-state index contributed by atoms with van der Waals surface area (Å²) in [7, 11) is 0. The topological polar surface area (TPSA) is 45.1 Å². The van der Waals surface area contributed by atoms with Crippen molar-refractivity contribution >= 4 is 18.3 Å². The first-order valence-corrected chi connectivity index (χ1v) is 8.60. The maximum atomic E-state index is 12.6. The molecular weight excluding hydrogens is 359 g/mol. The summed E-state index contributed by atoms with van der Waals surface area (Å²) in [5.41, 5.74) is 1.45. The van der Waals surface area contributed by atoms with Crippen LogP contribution in [0.2, 0.25) is 0 Å². The van der Waals surface area contributed by atoms with Crippen LogP contribution in [0.1, 0.15) is 31.7 Å². The van der Waals surface area contributed by atoms with Crippen molar-refractivity contribution in [1.82, 2.24) is 9.91 Å². The summed E-state index contributed by atoms with van der Waals surface area (Å²) in [5.74, 6) is -0.294. The molecule has 0 atom stereocenters. The molecule has 0 aliphatic carbocycles. The molecule has 2 amide bonds. The van der Waals surface area contributed by atoms with E-state index in [4.69, 9.17) is 0 Å². The number of hydrogen-bond acceptors (Lipinski definition) is 3. The van der Waals surface area contributed by atoms with Crippen molar-refractivity contribution in [2.45, 2.75) is 32.5 Å². The van der Waals surface area contributed by atoms with Gasteiger partial charge >= 0.3 is 12.4 Å². The minimum atomic E-state index is -4.73. The Morgan fingerprint density at radius 1 is 1.33 bits per heavy atom. The maximum Gasteiger partial charge on any atom is 0.573 e. The molecule has 27 heavy (non-hydrogen) atoms. The molecule has 1 aliphatic heterocycles. The second-order valence-electron chi connectivity index (χ2n) is 5.95. The van der Waals surface area contributed by atoms with Crippen LogP contribution >= 0.6 is 0 Å². The van der Waals surface area contributed by atoms with Gasteiger partial charge in [-0.15, -0.1) is 13.2 Å². The zero-order chi connectivity index (χ0) is 19.9. The Bertz CT molecular complexity index is 712. The molecule has 0 fully saturated rings. The maximum absolute atomic E-state index is 12.6. The SMILES string of the molecule is C=NN(/C=C(\CCC)c1ccc(OC(F)(F)F)cc1)C(=O)N1CC=CCC1. The molecule has 5 nitrogen and oxygen atoms in total. The molecule has 1 heterocycles. The minimum absolute atomic E-state index is 0.292. The summed E-state index contributed by atoms with van der Waals surface area (Å²) in [4.78, 5) is 14.3. The van der Waals surface area contributed by atoms with E-state index < -0.39 is 6.36 Å². The van der Waals surface area contributed by atoms with Crippen LogP contribution in [0.15, 0.2) is 47.7 Å². The highest BCUT2D eigenvalue weighted by atomic mass is 19.4. The van der Waals surface area contributed by atoms with Crippen molar-refractivity contribution in [3.63, 3.8) is 0 Å². The van der Waals surface area contributed by atoms with Crippen LogP contribution in [0.3, 0.4) is 0 Å². The van der Waals surface area contributed by atoms with Crippen LogP contribution in [-0.2, 0) is 0 Å². The van der Waals surface area contributed by atoms with E-state index in [1.54, 1.807) is 11.1 Å². The van der Waals surface area contributed by atoms with Crippen molar-refractivity contribution < 1.29 is 22.7 Å². The van der Waals surface area contributed by atoms with E-state index in [2.05, 4.69) is 16.6 Å². The van der Waals surface area contributed by atoms with Gasteiger partial charge in [0.2, 0.25) is 0 Å². The average Bonchev–Trinajstić information content (AvgIpc) is 2.65. The smallest absolute Gasteiger partial charge is 0.406 e. The Morgan fingerprint density at radius 2 is 2.04 bits per heavy atom. The normalized spacial score (nSPS) is 14.8. The summed E-state index contributed by atoms with van der Waals surface area (Å²) in [5, 5.41) is 4.97. The monoisotopic (exact) mass is 381 g/mol. The molecule has 8 heteroatoms. The summed E-state index contributed by atoms with van der Waals surface area (Å²) in [6.07, 6.45) is 2.97. The number of urea groups is 1. The standard InChI is InChI=1S/C19H22F3N3O2/c1-3-7-16(15-8-10-17(11-9-15)27-19(20,21)22)14-25(23-2)18(26)24-12-5-4-6-13-24/h4-5,8-11,14H,2-3,6-7,12-13H2,1H3/b16-14+. The predicted molar refractivity (Wildman–Crippen MR) is 98.1 cm³/mol. The van der Waals surface area contributed by atoms with E-state index in [1.165, 1.54) is 29.3 Å². The van der Waals surface area contributed by atoms with Gasteiger partial charge in [-0.25, -0.2) is 4.79 Å². The fourth-order valence-electron chi connectivity index (χ4n) is 2.69. The number of allylic oxidation sites excluding steroid dienone is 1. The highest BCUT2D eigenvalue weighted by molar-refractivity contribution is 5.78. The van der Waals surface area contributed by atoms with Gasteiger partial charge in [0.25, 0.3) is 0 Å². The van der Waals surface area contributed by atoms with Gasteiger partial charge in [0, 0.05) is 26.0 Å². The molecule has 0 saturated heterocycles. The van der Waals surface area contributed by atoms with Crippen molar-refractivity contribution in [2.24, 2.45) is 5.10 Å². The van der Waals surface area contributed by atoms with Crippen LogP contribution < -0.4 is 4.74 Å². The molecule has 0 bridgehead atoms. The number of halogens is 3. The summed E-state index contributed by atoms with van der Waals surface area (Å²) < 4.78 is 40.8. The first-order valence-electron chi connectivity index (χ1n) is 8.60. The van der Waals surface area contributed by atoms with Gasteiger partial charge in [-0.3, -0.25) is 0 Å². The highest BCUT2D eigenvalue weighted by Gasteiger charge is 2.31. The number of hydrazone groups is 1. The number of alkyl halides is 3. The number of ether oxygens (including phenoxy) is 1. The van der Waals surface area contributed by atoms with Crippen LogP contribution in [-0.4, -0.2) is 42.1 Å². The van der Waals surface area contributed by atoms with E-state index in [-0.39, 0.29) is 11.8 Å². The van der Waals surface area contributed by atoms with E-state index in [0.717, 1.165) is 18.4 Å². The average molecular weight is 381 g/mol. The zero-order valence-electron chi connectivity index (χ0n) is 15.1. The minimum Gasteiger partial charge on any atom is -0.406 e. The molecule has 0 aromatic heterocycles. The molecule has 1 aromatic rings. The molecule has 1 aliphatic rings. The third kappa shape index (κ3) is 6.16. The van der Waals surface area contributed by atoms with E-state index in [9.17, 15) is 18.0 Å². The Morgan fingerprint density at radius 3 is 2.56 bits per heavy atom. The lowest BCUT2D eigenvalue weighted by atomic mass is 10.0. The second kappa shape index (κ2) is 9.25. The van der Waals surface area contributed by atoms with Crippen molar-refractivity contribution in [3.8, 4) is 5.75 Å². The second-order valence-corrected chi connectivity index (χ2v) is 5.95. The number of nitrogens with zero attached hydrogens (tertiary/aromatic N) is 3. The summed E-state index contributed by atoms with van der Waals surface area (Å²) in [6, 6.07) is 5.25.